The first-order valence-corrected chi connectivity index (χ1v) is 7.52. The van der Waals surface area contributed by atoms with Crippen LogP contribution in [0.1, 0.15) is 27.2 Å². The predicted octanol–water partition coefficient (Wildman–Crippen LogP) is 0.328. The van der Waals surface area contributed by atoms with Gasteiger partial charge in [0.1, 0.15) is 6.04 Å². The minimum absolute atomic E-state index is 0.00967. The lowest BCUT2D eigenvalue weighted by Crippen LogP contribution is -2.52. The molecule has 1 atom stereocenters. The molecule has 1 unspecified atom stereocenters. The molecular formula is C15H29N3O3. The van der Waals surface area contributed by atoms with E-state index >= 15 is 0 Å². The van der Waals surface area contributed by atoms with Crippen molar-refractivity contribution in [2.45, 2.75) is 33.2 Å². The second-order valence-corrected chi connectivity index (χ2v) is 6.86. The van der Waals surface area contributed by atoms with Crippen LogP contribution in [0.15, 0.2) is 0 Å². The molecule has 1 fully saturated rings. The van der Waals surface area contributed by atoms with E-state index in [-0.39, 0.29) is 17.2 Å². The van der Waals surface area contributed by atoms with Crippen molar-refractivity contribution in [3.63, 3.8) is 0 Å². The lowest BCUT2D eigenvalue weighted by Gasteiger charge is -2.32. The van der Waals surface area contributed by atoms with Gasteiger partial charge in [-0.2, -0.15) is 0 Å². The van der Waals surface area contributed by atoms with Crippen LogP contribution in [0.25, 0.3) is 0 Å². The molecule has 1 aliphatic rings. The summed E-state index contributed by atoms with van der Waals surface area (Å²) in [5, 5.41) is 2.84. The number of carbonyl (C=O) groups is 2. The molecule has 0 aromatic heterocycles. The standard InChI is InChI=1S/C15H29N3O3/c1-15(2,3)13-14(20)18(7-6-12(19)16-13)9-11-21-10-8-17(4)5/h13H,6-11H2,1-5H3,(H,16,19). The SMILES string of the molecule is CN(C)CCOCCN1CCC(=O)NC(C(C)(C)C)C1=O. The van der Waals surface area contributed by atoms with Crippen molar-refractivity contribution < 1.29 is 14.3 Å². The molecule has 0 spiro atoms. The Morgan fingerprint density at radius 2 is 1.95 bits per heavy atom. The maximum Gasteiger partial charge on any atom is 0.245 e. The van der Waals surface area contributed by atoms with Crippen molar-refractivity contribution in [1.82, 2.24) is 15.1 Å². The Kier molecular flexibility index (Phi) is 6.61. The Balaban J connectivity index is 2.52. The van der Waals surface area contributed by atoms with Gasteiger partial charge in [0.2, 0.25) is 11.8 Å². The van der Waals surface area contributed by atoms with Gasteiger partial charge < -0.3 is 19.9 Å². The number of hydrogen-bond donors (Lipinski definition) is 1. The highest BCUT2D eigenvalue weighted by atomic mass is 16.5. The van der Waals surface area contributed by atoms with Crippen molar-refractivity contribution in [3.05, 3.63) is 0 Å². The molecule has 0 radical (unpaired) electrons. The number of nitrogens with one attached hydrogen (secondary N) is 1. The van der Waals surface area contributed by atoms with Crippen molar-refractivity contribution in [2.24, 2.45) is 5.41 Å². The van der Waals surface area contributed by atoms with E-state index in [9.17, 15) is 9.59 Å². The van der Waals surface area contributed by atoms with Crippen molar-refractivity contribution >= 4 is 11.8 Å². The zero-order valence-electron chi connectivity index (χ0n) is 13.9. The number of likely N-dealkylation sites (N-methyl/N-ethyl adjacent to an activating group) is 1. The molecular weight excluding hydrogens is 270 g/mol. The van der Waals surface area contributed by atoms with Crippen molar-refractivity contribution in [2.75, 3.05) is 46.9 Å². The molecule has 1 heterocycles. The number of carbonyl (C=O) groups excluding carboxylic acids is 2. The first-order chi connectivity index (χ1) is 9.71. The molecule has 6 heteroatoms. The van der Waals surface area contributed by atoms with Crippen LogP contribution in [-0.2, 0) is 14.3 Å². The summed E-state index contributed by atoms with van der Waals surface area (Å²) in [5.74, 6) is -0.0659. The molecule has 0 aliphatic carbocycles. The van der Waals surface area contributed by atoms with E-state index in [1.54, 1.807) is 4.90 Å². The Bertz CT molecular complexity index is 364. The molecule has 0 bridgehead atoms. The minimum atomic E-state index is -0.464. The number of ether oxygens (including phenoxy) is 1. The van der Waals surface area contributed by atoms with Gasteiger partial charge in [-0.25, -0.2) is 0 Å². The monoisotopic (exact) mass is 299 g/mol. The summed E-state index contributed by atoms with van der Waals surface area (Å²) >= 11 is 0. The number of hydrogen-bond acceptors (Lipinski definition) is 4. The first kappa shape index (κ1) is 17.9. The third-order valence-electron chi connectivity index (χ3n) is 3.53. The van der Waals surface area contributed by atoms with E-state index < -0.39 is 6.04 Å². The first-order valence-electron chi connectivity index (χ1n) is 7.52. The Morgan fingerprint density at radius 3 is 2.52 bits per heavy atom. The Labute approximate surface area is 127 Å². The second-order valence-electron chi connectivity index (χ2n) is 6.86. The summed E-state index contributed by atoms with van der Waals surface area (Å²) in [7, 11) is 3.99. The van der Waals surface area contributed by atoms with Crippen LogP contribution in [0.4, 0.5) is 0 Å². The zero-order chi connectivity index (χ0) is 16.0. The summed E-state index contributed by atoms with van der Waals surface area (Å²) in [6.45, 7) is 8.91. The van der Waals surface area contributed by atoms with Gasteiger partial charge in [0.25, 0.3) is 0 Å². The molecule has 6 nitrogen and oxygen atoms in total. The van der Waals surface area contributed by atoms with E-state index in [0.29, 0.717) is 32.7 Å². The van der Waals surface area contributed by atoms with Crippen molar-refractivity contribution in [3.8, 4) is 0 Å². The molecule has 1 rings (SSSR count). The van der Waals surface area contributed by atoms with Crippen LogP contribution < -0.4 is 5.32 Å². The van der Waals surface area contributed by atoms with Gasteiger partial charge in [-0.05, 0) is 19.5 Å². The van der Waals surface area contributed by atoms with Crippen LogP contribution in [0.5, 0.6) is 0 Å². The quantitative estimate of drug-likeness (QED) is 0.718. The molecule has 1 saturated heterocycles. The fraction of sp³-hybridized carbons (Fsp3) is 0.867. The molecule has 1 aliphatic heterocycles. The van der Waals surface area contributed by atoms with Crippen LogP contribution in [0.3, 0.4) is 0 Å². The highest BCUT2D eigenvalue weighted by Crippen LogP contribution is 2.22. The molecule has 0 aromatic carbocycles. The van der Waals surface area contributed by atoms with E-state index in [1.807, 2.05) is 34.9 Å². The highest BCUT2D eigenvalue weighted by molar-refractivity contribution is 5.90. The summed E-state index contributed by atoms with van der Waals surface area (Å²) < 4.78 is 5.54. The second kappa shape index (κ2) is 7.75. The zero-order valence-corrected chi connectivity index (χ0v) is 13.9. The highest BCUT2D eigenvalue weighted by Gasteiger charge is 2.37. The third-order valence-corrected chi connectivity index (χ3v) is 3.53. The van der Waals surface area contributed by atoms with Gasteiger partial charge in [-0.15, -0.1) is 0 Å². The average Bonchev–Trinajstić information content (AvgIpc) is 2.49. The summed E-state index contributed by atoms with van der Waals surface area (Å²) in [4.78, 5) is 28.1. The van der Waals surface area contributed by atoms with Crippen molar-refractivity contribution in [1.29, 1.82) is 0 Å². The minimum Gasteiger partial charge on any atom is -0.378 e. The largest absolute Gasteiger partial charge is 0.378 e. The lowest BCUT2D eigenvalue weighted by molar-refractivity contribution is -0.137. The summed E-state index contributed by atoms with van der Waals surface area (Å²) in [6, 6.07) is -0.464. The smallest absolute Gasteiger partial charge is 0.245 e. The normalized spacial score (nSPS) is 20.7. The molecule has 122 valence electrons. The predicted molar refractivity (Wildman–Crippen MR) is 82.0 cm³/mol. The van der Waals surface area contributed by atoms with E-state index in [1.165, 1.54) is 0 Å². The Hall–Kier alpha value is -1.14. The van der Waals surface area contributed by atoms with Gasteiger partial charge in [-0.1, -0.05) is 20.8 Å². The topological polar surface area (TPSA) is 61.9 Å². The lowest BCUT2D eigenvalue weighted by atomic mass is 9.86. The maximum absolute atomic E-state index is 12.6. The summed E-state index contributed by atoms with van der Waals surface area (Å²) in [5.41, 5.74) is -0.291. The number of rotatable bonds is 6. The fourth-order valence-electron chi connectivity index (χ4n) is 2.16. The van der Waals surface area contributed by atoms with Gasteiger partial charge in [0, 0.05) is 26.1 Å². The van der Waals surface area contributed by atoms with Gasteiger partial charge in [0.15, 0.2) is 0 Å². The van der Waals surface area contributed by atoms with Crippen LogP contribution in [0.2, 0.25) is 0 Å². The van der Waals surface area contributed by atoms with Crippen LogP contribution >= 0.6 is 0 Å². The average molecular weight is 299 g/mol. The van der Waals surface area contributed by atoms with Gasteiger partial charge in [-0.3, -0.25) is 9.59 Å². The molecule has 1 N–H and O–H groups in total. The number of amides is 2. The molecule has 0 aromatic rings. The van der Waals surface area contributed by atoms with E-state index in [2.05, 4.69) is 10.2 Å². The molecule has 21 heavy (non-hydrogen) atoms. The molecule has 2 amide bonds. The van der Waals surface area contributed by atoms with Crippen LogP contribution in [-0.4, -0.2) is 74.6 Å². The van der Waals surface area contributed by atoms with E-state index in [4.69, 9.17) is 4.74 Å². The molecule has 0 saturated carbocycles. The third kappa shape index (κ3) is 6.01. The fourth-order valence-corrected chi connectivity index (χ4v) is 2.16. The Morgan fingerprint density at radius 1 is 1.29 bits per heavy atom. The van der Waals surface area contributed by atoms with Crippen LogP contribution in [0, 0.1) is 5.41 Å². The maximum atomic E-state index is 12.6. The summed E-state index contributed by atoms with van der Waals surface area (Å²) in [6.07, 6.45) is 0.357. The number of nitrogens with zero attached hydrogens (tertiary/aromatic N) is 2. The van der Waals surface area contributed by atoms with E-state index in [0.717, 1.165) is 6.54 Å². The van der Waals surface area contributed by atoms with Gasteiger partial charge >= 0.3 is 0 Å². The van der Waals surface area contributed by atoms with Gasteiger partial charge in [0.05, 0.1) is 13.2 Å².